The van der Waals surface area contributed by atoms with E-state index < -0.39 is 38.3 Å². The Hall–Kier alpha value is -3.91. The van der Waals surface area contributed by atoms with Gasteiger partial charge in [0.1, 0.15) is 16.2 Å². The van der Waals surface area contributed by atoms with Gasteiger partial charge in [-0.2, -0.15) is 13.2 Å². The Kier molecular flexibility index (Phi) is 8.03. The molecule has 1 aliphatic carbocycles. The molecule has 222 valence electrons. The molecule has 2 N–H and O–H groups in total. The number of halogens is 4. The SMILES string of the molecule is Cc1cc(-c2ccc(NS(=O)(=O)c3cccnc3C(F)(F)F)c(F)c2)nc2cnc(NC3CCC(N(C)C)CC3)nc12. The Morgan fingerprint density at radius 3 is 2.40 bits per heavy atom. The van der Waals surface area contributed by atoms with Crippen LogP contribution in [-0.2, 0) is 16.2 Å². The molecular weight excluding hydrogens is 574 g/mol. The van der Waals surface area contributed by atoms with Crippen LogP contribution in [-0.4, -0.2) is 59.4 Å². The number of aromatic nitrogens is 4. The molecule has 0 spiro atoms. The standard InChI is InChI=1S/C28H29F4N7O2S/c1-16-13-22(36-23-15-34-27(37-25(16)23)35-18-7-9-19(10-8-18)39(2)3)17-6-11-21(20(29)14-17)38-42(40,41)24-5-4-12-33-26(24)28(30,31)32/h4-6,11-15,18-19,38H,7-10H2,1-3H3,(H,34,35,37). The van der Waals surface area contributed by atoms with Gasteiger partial charge in [0.2, 0.25) is 5.95 Å². The lowest BCUT2D eigenvalue weighted by Crippen LogP contribution is -2.36. The molecule has 1 saturated carbocycles. The highest BCUT2D eigenvalue weighted by Crippen LogP contribution is 2.34. The van der Waals surface area contributed by atoms with E-state index in [2.05, 4.69) is 44.2 Å². The van der Waals surface area contributed by atoms with Crippen molar-refractivity contribution >= 4 is 32.7 Å². The molecule has 5 rings (SSSR count). The predicted molar refractivity (Wildman–Crippen MR) is 151 cm³/mol. The van der Waals surface area contributed by atoms with Gasteiger partial charge in [0, 0.05) is 23.8 Å². The molecule has 0 amide bonds. The number of fused-ring (bicyclic) bond motifs is 1. The largest absolute Gasteiger partial charge is 0.434 e. The quantitative estimate of drug-likeness (QED) is 0.261. The fourth-order valence-corrected chi connectivity index (χ4v) is 6.34. The first kappa shape index (κ1) is 29.6. The van der Waals surface area contributed by atoms with Crippen molar-refractivity contribution in [2.75, 3.05) is 24.1 Å². The summed E-state index contributed by atoms with van der Waals surface area (Å²) >= 11 is 0. The van der Waals surface area contributed by atoms with Crippen molar-refractivity contribution in [3.8, 4) is 11.3 Å². The van der Waals surface area contributed by atoms with Crippen LogP contribution in [0.3, 0.4) is 0 Å². The number of nitrogens with zero attached hydrogens (tertiary/aromatic N) is 5. The van der Waals surface area contributed by atoms with Gasteiger partial charge in [-0.05, 0) is 82.6 Å². The summed E-state index contributed by atoms with van der Waals surface area (Å²) in [6.45, 7) is 1.84. The van der Waals surface area contributed by atoms with E-state index in [1.165, 1.54) is 6.07 Å². The molecule has 3 heterocycles. The van der Waals surface area contributed by atoms with Gasteiger partial charge in [0.25, 0.3) is 10.0 Å². The van der Waals surface area contributed by atoms with Crippen LogP contribution in [0.5, 0.6) is 0 Å². The summed E-state index contributed by atoms with van der Waals surface area (Å²) in [6, 6.07) is 7.99. The molecule has 3 aromatic heterocycles. The van der Waals surface area contributed by atoms with Crippen LogP contribution in [0.25, 0.3) is 22.3 Å². The van der Waals surface area contributed by atoms with Crippen LogP contribution < -0.4 is 10.0 Å². The first-order valence-corrected chi connectivity index (χ1v) is 14.7. The number of hydrogen-bond acceptors (Lipinski definition) is 8. The summed E-state index contributed by atoms with van der Waals surface area (Å²) in [6.07, 6.45) is 1.63. The zero-order valence-electron chi connectivity index (χ0n) is 23.1. The molecule has 0 unspecified atom stereocenters. The lowest BCUT2D eigenvalue weighted by molar-refractivity contribution is -0.143. The van der Waals surface area contributed by atoms with Gasteiger partial charge in [-0.1, -0.05) is 6.07 Å². The van der Waals surface area contributed by atoms with E-state index in [0.29, 0.717) is 34.3 Å². The number of pyridine rings is 2. The van der Waals surface area contributed by atoms with E-state index in [4.69, 9.17) is 0 Å². The zero-order chi connectivity index (χ0) is 30.2. The topological polar surface area (TPSA) is 113 Å². The number of benzene rings is 1. The number of rotatable bonds is 7. The molecule has 14 heteroatoms. The van der Waals surface area contributed by atoms with E-state index in [0.717, 1.165) is 61.7 Å². The molecule has 4 aromatic rings. The maximum absolute atomic E-state index is 15.0. The van der Waals surface area contributed by atoms with E-state index in [1.807, 2.05) is 11.6 Å². The van der Waals surface area contributed by atoms with E-state index in [1.54, 1.807) is 12.3 Å². The van der Waals surface area contributed by atoms with Crippen LogP contribution in [0.2, 0.25) is 0 Å². The smallest absolute Gasteiger partial charge is 0.351 e. The lowest BCUT2D eigenvalue weighted by atomic mass is 9.91. The van der Waals surface area contributed by atoms with Crippen molar-refractivity contribution in [3.63, 3.8) is 0 Å². The third-order valence-corrected chi connectivity index (χ3v) is 8.73. The van der Waals surface area contributed by atoms with Crippen LogP contribution in [0.1, 0.15) is 36.9 Å². The van der Waals surface area contributed by atoms with E-state index >= 15 is 4.39 Å². The molecule has 0 aliphatic heterocycles. The van der Waals surface area contributed by atoms with E-state index in [9.17, 15) is 21.6 Å². The van der Waals surface area contributed by atoms with Crippen molar-refractivity contribution in [2.24, 2.45) is 0 Å². The van der Waals surface area contributed by atoms with Crippen LogP contribution in [0.4, 0.5) is 29.2 Å². The van der Waals surface area contributed by atoms with Crippen molar-refractivity contribution in [1.29, 1.82) is 0 Å². The minimum Gasteiger partial charge on any atom is -0.351 e. The summed E-state index contributed by atoms with van der Waals surface area (Å²) in [5.74, 6) is -0.480. The summed E-state index contributed by atoms with van der Waals surface area (Å²) in [5.41, 5.74) is 0.519. The maximum Gasteiger partial charge on any atom is 0.434 e. The molecule has 0 saturated heterocycles. The second-order valence-electron chi connectivity index (χ2n) is 10.5. The number of sulfonamides is 1. The average molecular weight is 604 g/mol. The summed E-state index contributed by atoms with van der Waals surface area (Å²) < 4.78 is 82.2. The zero-order valence-corrected chi connectivity index (χ0v) is 23.9. The number of aryl methyl sites for hydroxylation is 1. The highest BCUT2D eigenvalue weighted by Gasteiger charge is 2.39. The van der Waals surface area contributed by atoms with Gasteiger partial charge in [-0.3, -0.25) is 9.71 Å². The van der Waals surface area contributed by atoms with Crippen molar-refractivity contribution in [3.05, 3.63) is 65.9 Å². The number of nitrogens with one attached hydrogen (secondary N) is 2. The van der Waals surface area contributed by atoms with Crippen LogP contribution >= 0.6 is 0 Å². The van der Waals surface area contributed by atoms with Crippen molar-refractivity contribution < 1.29 is 26.0 Å². The van der Waals surface area contributed by atoms with Crippen LogP contribution in [0.15, 0.2) is 53.7 Å². The van der Waals surface area contributed by atoms with E-state index in [-0.39, 0.29) is 6.04 Å². The fraction of sp³-hybridized carbons (Fsp3) is 0.357. The Balaban J connectivity index is 1.35. The van der Waals surface area contributed by atoms with Crippen molar-refractivity contribution in [1.82, 2.24) is 24.8 Å². The summed E-state index contributed by atoms with van der Waals surface area (Å²) in [5, 5.41) is 3.42. The average Bonchev–Trinajstić information content (AvgIpc) is 2.94. The van der Waals surface area contributed by atoms with Crippen LogP contribution in [0, 0.1) is 12.7 Å². The number of hydrogen-bond donors (Lipinski definition) is 2. The fourth-order valence-electron chi connectivity index (χ4n) is 5.10. The second-order valence-corrected chi connectivity index (χ2v) is 12.2. The Morgan fingerprint density at radius 2 is 1.74 bits per heavy atom. The van der Waals surface area contributed by atoms with Gasteiger partial charge in [0.05, 0.1) is 23.1 Å². The molecule has 0 atom stereocenters. The molecule has 0 bridgehead atoms. The monoisotopic (exact) mass is 603 g/mol. The molecule has 42 heavy (non-hydrogen) atoms. The molecule has 1 fully saturated rings. The molecule has 1 aromatic carbocycles. The molecule has 1 aliphatic rings. The first-order valence-electron chi connectivity index (χ1n) is 13.2. The summed E-state index contributed by atoms with van der Waals surface area (Å²) in [7, 11) is -0.605. The van der Waals surface area contributed by atoms with Gasteiger partial charge >= 0.3 is 6.18 Å². The Labute approximate surface area is 240 Å². The number of anilines is 2. The molecule has 0 radical (unpaired) electrons. The van der Waals surface area contributed by atoms with Gasteiger partial charge < -0.3 is 10.2 Å². The van der Waals surface area contributed by atoms with Gasteiger partial charge in [-0.15, -0.1) is 0 Å². The molecule has 9 nitrogen and oxygen atoms in total. The van der Waals surface area contributed by atoms with Crippen molar-refractivity contribution in [2.45, 2.75) is 55.8 Å². The highest BCUT2D eigenvalue weighted by atomic mass is 32.2. The molecular formula is C28H29F4N7O2S. The third-order valence-electron chi connectivity index (χ3n) is 7.34. The minimum atomic E-state index is -5.01. The second kappa shape index (κ2) is 11.4. The Morgan fingerprint density at radius 1 is 1.00 bits per heavy atom. The van der Waals surface area contributed by atoms with Gasteiger partial charge in [-0.25, -0.2) is 27.8 Å². The number of alkyl halides is 3. The third kappa shape index (κ3) is 6.28. The first-order chi connectivity index (χ1) is 19.8. The normalized spacial score (nSPS) is 17.9. The lowest BCUT2D eigenvalue weighted by Gasteiger charge is -2.32. The highest BCUT2D eigenvalue weighted by molar-refractivity contribution is 7.92. The Bertz CT molecular complexity index is 1720. The minimum absolute atomic E-state index is 0.281. The summed E-state index contributed by atoms with van der Waals surface area (Å²) in [4.78, 5) is 17.9. The predicted octanol–water partition coefficient (Wildman–Crippen LogP) is 5.64. The van der Waals surface area contributed by atoms with Gasteiger partial charge in [0.15, 0.2) is 5.69 Å². The maximum atomic E-state index is 15.0.